The fraction of sp³-hybridized carbons (Fsp3) is 0.174. The zero-order valence-electron chi connectivity index (χ0n) is 15.6. The quantitative estimate of drug-likeness (QED) is 0.745. The summed E-state index contributed by atoms with van der Waals surface area (Å²) in [5.41, 5.74) is 3.63. The van der Waals surface area contributed by atoms with E-state index in [-0.39, 0.29) is 11.8 Å². The summed E-state index contributed by atoms with van der Waals surface area (Å²) in [4.78, 5) is 32.0. The van der Waals surface area contributed by atoms with Gasteiger partial charge in [-0.15, -0.1) is 0 Å². The van der Waals surface area contributed by atoms with Crippen molar-refractivity contribution in [2.24, 2.45) is 0 Å². The maximum absolute atomic E-state index is 13.2. The Morgan fingerprint density at radius 3 is 2.61 bits per heavy atom. The van der Waals surface area contributed by atoms with E-state index in [2.05, 4.69) is 10.3 Å². The first-order valence-electron chi connectivity index (χ1n) is 9.28. The number of anilines is 1. The third-order valence-electron chi connectivity index (χ3n) is 4.97. The highest BCUT2D eigenvalue weighted by molar-refractivity contribution is 6.03. The molecule has 1 atom stereocenters. The van der Waals surface area contributed by atoms with Crippen LogP contribution in [0.2, 0.25) is 0 Å². The molecule has 1 aliphatic heterocycles. The highest BCUT2D eigenvalue weighted by Gasteiger charge is 2.36. The van der Waals surface area contributed by atoms with Crippen LogP contribution in [0.5, 0.6) is 0 Å². The predicted molar refractivity (Wildman–Crippen MR) is 108 cm³/mol. The van der Waals surface area contributed by atoms with Crippen LogP contribution in [0.3, 0.4) is 0 Å². The Labute approximate surface area is 164 Å². The second-order valence-corrected chi connectivity index (χ2v) is 7.00. The maximum Gasteiger partial charge on any atom is 0.255 e. The summed E-state index contributed by atoms with van der Waals surface area (Å²) in [6.07, 6.45) is 2.10. The first-order valence-corrected chi connectivity index (χ1v) is 9.28. The minimum atomic E-state index is -0.621. The highest BCUT2D eigenvalue weighted by atomic mass is 16.2. The van der Waals surface area contributed by atoms with E-state index >= 15 is 0 Å². The van der Waals surface area contributed by atoms with Gasteiger partial charge in [0.2, 0.25) is 5.91 Å². The van der Waals surface area contributed by atoms with Crippen LogP contribution in [0.4, 0.5) is 5.82 Å². The molecule has 1 aromatic heterocycles. The molecule has 0 bridgehead atoms. The standard InChI is InChI=1S/C23H21N3O2/c1-16-11-12-24-21(13-16)25-22(27)20(14-17-7-3-2-4-8-17)26-15-18-9-5-6-10-19(18)23(26)28/h2-13,20H,14-15H2,1H3,(H,24,25,27). The van der Waals surface area contributed by atoms with Gasteiger partial charge in [-0.25, -0.2) is 4.98 Å². The molecule has 2 heterocycles. The van der Waals surface area contributed by atoms with Crippen LogP contribution in [-0.2, 0) is 17.8 Å². The lowest BCUT2D eigenvalue weighted by atomic mass is 10.0. The van der Waals surface area contributed by atoms with Crippen molar-refractivity contribution in [3.8, 4) is 0 Å². The summed E-state index contributed by atoms with van der Waals surface area (Å²) in [7, 11) is 0. The van der Waals surface area contributed by atoms with Crippen molar-refractivity contribution < 1.29 is 9.59 Å². The van der Waals surface area contributed by atoms with Crippen LogP contribution in [0.1, 0.15) is 27.0 Å². The molecule has 3 aromatic rings. The van der Waals surface area contributed by atoms with Crippen LogP contribution < -0.4 is 5.32 Å². The van der Waals surface area contributed by atoms with Crippen molar-refractivity contribution in [3.05, 3.63) is 95.2 Å². The number of hydrogen-bond donors (Lipinski definition) is 1. The third kappa shape index (κ3) is 3.64. The van der Waals surface area contributed by atoms with Crippen molar-refractivity contribution in [2.75, 3.05) is 5.32 Å². The Balaban J connectivity index is 1.63. The van der Waals surface area contributed by atoms with Crippen LogP contribution in [0.25, 0.3) is 0 Å². The number of fused-ring (bicyclic) bond motifs is 1. The molecule has 2 aromatic carbocycles. The van der Waals surface area contributed by atoms with Crippen LogP contribution in [0, 0.1) is 6.92 Å². The number of aryl methyl sites for hydroxylation is 1. The molecule has 1 N–H and O–H groups in total. The lowest BCUT2D eigenvalue weighted by Gasteiger charge is -2.27. The van der Waals surface area contributed by atoms with Gasteiger partial charge >= 0.3 is 0 Å². The van der Waals surface area contributed by atoms with Crippen molar-refractivity contribution in [1.29, 1.82) is 0 Å². The summed E-state index contributed by atoms with van der Waals surface area (Å²) < 4.78 is 0. The van der Waals surface area contributed by atoms with Crippen LogP contribution >= 0.6 is 0 Å². The number of carbonyl (C=O) groups is 2. The Morgan fingerprint density at radius 1 is 1.11 bits per heavy atom. The van der Waals surface area contributed by atoms with Gasteiger partial charge in [-0.05, 0) is 41.8 Å². The molecule has 2 amide bonds. The lowest BCUT2D eigenvalue weighted by Crippen LogP contribution is -2.45. The van der Waals surface area contributed by atoms with Gasteiger partial charge in [0.05, 0.1) is 0 Å². The van der Waals surface area contributed by atoms with Gasteiger partial charge in [-0.1, -0.05) is 48.5 Å². The molecule has 0 aliphatic carbocycles. The molecule has 140 valence electrons. The molecule has 1 unspecified atom stereocenters. The number of pyridine rings is 1. The van der Waals surface area contributed by atoms with Gasteiger partial charge in [0.1, 0.15) is 11.9 Å². The molecule has 5 nitrogen and oxygen atoms in total. The molecule has 0 spiro atoms. The third-order valence-corrected chi connectivity index (χ3v) is 4.97. The van der Waals surface area contributed by atoms with E-state index in [0.29, 0.717) is 24.3 Å². The average Bonchev–Trinajstić information content (AvgIpc) is 3.03. The van der Waals surface area contributed by atoms with E-state index in [1.165, 1.54) is 0 Å². The summed E-state index contributed by atoms with van der Waals surface area (Å²) in [6.45, 7) is 2.38. The minimum absolute atomic E-state index is 0.108. The molecular formula is C23H21N3O2. The molecule has 0 saturated carbocycles. The fourth-order valence-electron chi connectivity index (χ4n) is 3.52. The number of hydrogen-bond acceptors (Lipinski definition) is 3. The molecule has 1 aliphatic rings. The Kier molecular flexibility index (Phi) is 4.89. The van der Waals surface area contributed by atoms with E-state index in [1.54, 1.807) is 11.1 Å². The van der Waals surface area contributed by atoms with E-state index in [4.69, 9.17) is 0 Å². The predicted octanol–water partition coefficient (Wildman–Crippen LogP) is 3.60. The van der Waals surface area contributed by atoms with Gasteiger partial charge in [0.25, 0.3) is 5.91 Å². The van der Waals surface area contributed by atoms with Crippen molar-refractivity contribution in [2.45, 2.75) is 25.9 Å². The summed E-state index contributed by atoms with van der Waals surface area (Å²) >= 11 is 0. The normalized spacial score (nSPS) is 13.9. The van der Waals surface area contributed by atoms with E-state index in [9.17, 15) is 9.59 Å². The van der Waals surface area contributed by atoms with Crippen LogP contribution in [-0.4, -0.2) is 27.7 Å². The number of benzene rings is 2. The zero-order valence-corrected chi connectivity index (χ0v) is 15.6. The molecule has 0 radical (unpaired) electrons. The van der Waals surface area contributed by atoms with Crippen molar-refractivity contribution in [1.82, 2.24) is 9.88 Å². The molecule has 28 heavy (non-hydrogen) atoms. The Morgan fingerprint density at radius 2 is 1.86 bits per heavy atom. The smallest absolute Gasteiger partial charge is 0.255 e. The fourth-order valence-corrected chi connectivity index (χ4v) is 3.52. The zero-order chi connectivity index (χ0) is 19.5. The van der Waals surface area contributed by atoms with Gasteiger partial charge in [-0.3, -0.25) is 9.59 Å². The number of carbonyl (C=O) groups excluding carboxylic acids is 2. The SMILES string of the molecule is Cc1ccnc(NC(=O)C(Cc2ccccc2)N2Cc3ccccc3C2=O)c1. The molecule has 0 fully saturated rings. The maximum atomic E-state index is 13.2. The first kappa shape index (κ1) is 17.9. The molecular weight excluding hydrogens is 350 g/mol. The Hall–Kier alpha value is -3.47. The minimum Gasteiger partial charge on any atom is -0.322 e. The molecule has 5 heteroatoms. The number of nitrogens with zero attached hydrogens (tertiary/aromatic N) is 2. The number of amides is 2. The second-order valence-electron chi connectivity index (χ2n) is 7.00. The largest absolute Gasteiger partial charge is 0.322 e. The van der Waals surface area contributed by atoms with Gasteiger partial charge < -0.3 is 10.2 Å². The number of nitrogens with one attached hydrogen (secondary N) is 1. The Bertz CT molecular complexity index is 1020. The topological polar surface area (TPSA) is 62.3 Å². The first-order chi connectivity index (χ1) is 13.6. The number of rotatable bonds is 5. The van der Waals surface area contributed by atoms with Crippen LogP contribution in [0.15, 0.2) is 72.9 Å². The van der Waals surface area contributed by atoms with Crippen molar-refractivity contribution in [3.63, 3.8) is 0 Å². The summed E-state index contributed by atoms with van der Waals surface area (Å²) in [5.74, 6) is 0.152. The summed E-state index contributed by atoms with van der Waals surface area (Å²) in [6, 6.07) is 20.3. The highest BCUT2D eigenvalue weighted by Crippen LogP contribution is 2.26. The summed E-state index contributed by atoms with van der Waals surface area (Å²) in [5, 5.41) is 2.88. The molecule has 0 saturated heterocycles. The van der Waals surface area contributed by atoms with E-state index < -0.39 is 6.04 Å². The van der Waals surface area contributed by atoms with E-state index in [0.717, 1.165) is 16.7 Å². The van der Waals surface area contributed by atoms with Gasteiger partial charge in [0.15, 0.2) is 0 Å². The number of aromatic nitrogens is 1. The molecule has 4 rings (SSSR count). The second kappa shape index (κ2) is 7.64. The van der Waals surface area contributed by atoms with Crippen molar-refractivity contribution >= 4 is 17.6 Å². The van der Waals surface area contributed by atoms with Gasteiger partial charge in [-0.2, -0.15) is 0 Å². The van der Waals surface area contributed by atoms with E-state index in [1.807, 2.05) is 73.7 Å². The average molecular weight is 371 g/mol. The lowest BCUT2D eigenvalue weighted by molar-refractivity contribution is -0.120. The van der Waals surface area contributed by atoms with Gasteiger partial charge in [0, 0.05) is 24.7 Å². The monoisotopic (exact) mass is 371 g/mol.